The van der Waals surface area contributed by atoms with E-state index in [0.717, 1.165) is 31.6 Å². The zero-order valence-electron chi connectivity index (χ0n) is 12.7. The van der Waals surface area contributed by atoms with Crippen molar-refractivity contribution in [3.63, 3.8) is 0 Å². The second-order valence-corrected chi connectivity index (χ2v) is 6.30. The second-order valence-electron chi connectivity index (χ2n) is 6.30. The van der Waals surface area contributed by atoms with Gasteiger partial charge in [0.2, 0.25) is 11.8 Å². The summed E-state index contributed by atoms with van der Waals surface area (Å²) >= 11 is 0. The fraction of sp³-hybridized carbons (Fsp3) is 0.471. The van der Waals surface area contributed by atoms with Gasteiger partial charge >= 0.3 is 0 Å². The van der Waals surface area contributed by atoms with E-state index in [9.17, 15) is 9.18 Å². The summed E-state index contributed by atoms with van der Waals surface area (Å²) in [5, 5.41) is 8.28. The Balaban J connectivity index is 1.40. The van der Waals surface area contributed by atoms with E-state index in [1.54, 1.807) is 17.0 Å². The molecule has 1 aliphatic carbocycles. The molecule has 1 saturated heterocycles. The van der Waals surface area contributed by atoms with E-state index in [-0.39, 0.29) is 17.4 Å². The molecule has 1 amide bonds. The molecular weight excluding hydrogens is 297 g/mol. The van der Waals surface area contributed by atoms with E-state index in [4.69, 9.17) is 4.42 Å². The standard InChI is InChI=1S/C17H18FN3O2/c18-14-4-2-1-3-13(14)17(22)21-9-7-12(8-10-21)16-20-19-15(23-16)11-5-6-11/h1-4,11-12H,5-10H2. The average Bonchev–Trinajstić information content (AvgIpc) is 3.32. The Morgan fingerprint density at radius 3 is 2.26 bits per heavy atom. The summed E-state index contributed by atoms with van der Waals surface area (Å²) in [6.45, 7) is 1.16. The van der Waals surface area contributed by atoms with Crippen molar-refractivity contribution in [2.75, 3.05) is 13.1 Å². The van der Waals surface area contributed by atoms with Crippen LogP contribution in [0.4, 0.5) is 4.39 Å². The van der Waals surface area contributed by atoms with Crippen LogP contribution in [0.2, 0.25) is 0 Å². The average molecular weight is 315 g/mol. The van der Waals surface area contributed by atoms with E-state index in [0.29, 0.717) is 24.9 Å². The smallest absolute Gasteiger partial charge is 0.256 e. The highest BCUT2D eigenvalue weighted by atomic mass is 19.1. The van der Waals surface area contributed by atoms with Gasteiger partial charge in [0.15, 0.2) is 0 Å². The zero-order chi connectivity index (χ0) is 15.8. The van der Waals surface area contributed by atoms with Crippen LogP contribution in [0.25, 0.3) is 0 Å². The van der Waals surface area contributed by atoms with Gasteiger partial charge in [0.25, 0.3) is 5.91 Å². The number of halogens is 1. The molecular formula is C17H18FN3O2. The van der Waals surface area contributed by atoms with Crippen molar-refractivity contribution in [3.05, 3.63) is 47.4 Å². The number of likely N-dealkylation sites (tertiary alicyclic amines) is 1. The Labute approximate surface area is 133 Å². The molecule has 5 nitrogen and oxygen atoms in total. The lowest BCUT2D eigenvalue weighted by atomic mass is 9.96. The lowest BCUT2D eigenvalue weighted by Gasteiger charge is -2.30. The number of carbonyl (C=O) groups excluding carboxylic acids is 1. The number of rotatable bonds is 3. The summed E-state index contributed by atoms with van der Waals surface area (Å²) in [6, 6.07) is 6.12. The predicted molar refractivity (Wildman–Crippen MR) is 80.6 cm³/mol. The Hall–Kier alpha value is -2.24. The number of hydrogen-bond acceptors (Lipinski definition) is 4. The number of benzene rings is 1. The summed E-state index contributed by atoms with van der Waals surface area (Å²) in [6.07, 6.45) is 3.81. The van der Waals surface area contributed by atoms with Gasteiger partial charge in [-0.3, -0.25) is 4.79 Å². The molecule has 4 rings (SSSR count). The summed E-state index contributed by atoms with van der Waals surface area (Å²) in [4.78, 5) is 14.1. The molecule has 1 aromatic carbocycles. The summed E-state index contributed by atoms with van der Waals surface area (Å²) in [7, 11) is 0. The van der Waals surface area contributed by atoms with Crippen LogP contribution in [0.5, 0.6) is 0 Å². The van der Waals surface area contributed by atoms with Crippen LogP contribution in [-0.4, -0.2) is 34.1 Å². The molecule has 2 aromatic rings. The number of nitrogens with zero attached hydrogens (tertiary/aromatic N) is 3. The molecule has 0 N–H and O–H groups in total. The number of piperidine rings is 1. The predicted octanol–water partition coefficient (Wildman–Crippen LogP) is 3.11. The van der Waals surface area contributed by atoms with Crippen molar-refractivity contribution in [2.24, 2.45) is 0 Å². The van der Waals surface area contributed by atoms with Crippen LogP contribution < -0.4 is 0 Å². The SMILES string of the molecule is O=C(c1ccccc1F)N1CCC(c2nnc(C3CC3)o2)CC1. The second kappa shape index (κ2) is 5.76. The Kier molecular flexibility index (Phi) is 3.59. The molecule has 2 heterocycles. The number of hydrogen-bond donors (Lipinski definition) is 0. The van der Waals surface area contributed by atoms with E-state index in [1.807, 2.05) is 0 Å². The fourth-order valence-corrected chi connectivity index (χ4v) is 3.04. The molecule has 120 valence electrons. The largest absolute Gasteiger partial charge is 0.425 e. The molecule has 1 aliphatic heterocycles. The Morgan fingerprint density at radius 1 is 1.04 bits per heavy atom. The first kappa shape index (κ1) is 14.4. The molecule has 0 unspecified atom stereocenters. The van der Waals surface area contributed by atoms with Gasteiger partial charge in [-0.2, -0.15) is 0 Å². The molecule has 0 bridgehead atoms. The minimum Gasteiger partial charge on any atom is -0.425 e. The van der Waals surface area contributed by atoms with Crippen molar-refractivity contribution in [1.82, 2.24) is 15.1 Å². The molecule has 6 heteroatoms. The van der Waals surface area contributed by atoms with Gasteiger partial charge in [-0.25, -0.2) is 4.39 Å². The van der Waals surface area contributed by atoms with Gasteiger partial charge in [0.05, 0.1) is 5.56 Å². The maximum absolute atomic E-state index is 13.7. The monoisotopic (exact) mass is 315 g/mol. The molecule has 0 atom stereocenters. The molecule has 2 aliphatic rings. The maximum Gasteiger partial charge on any atom is 0.256 e. The van der Waals surface area contributed by atoms with E-state index < -0.39 is 5.82 Å². The van der Waals surface area contributed by atoms with Gasteiger partial charge in [-0.05, 0) is 37.8 Å². The van der Waals surface area contributed by atoms with Crippen LogP contribution in [0, 0.1) is 5.82 Å². The first-order valence-electron chi connectivity index (χ1n) is 8.09. The first-order chi connectivity index (χ1) is 11.2. The molecule has 0 spiro atoms. The number of aromatic nitrogens is 2. The molecule has 0 radical (unpaired) electrons. The van der Waals surface area contributed by atoms with E-state index >= 15 is 0 Å². The van der Waals surface area contributed by atoms with Crippen molar-refractivity contribution >= 4 is 5.91 Å². The van der Waals surface area contributed by atoms with Crippen LogP contribution in [0.1, 0.15) is 59.7 Å². The fourth-order valence-electron chi connectivity index (χ4n) is 3.04. The minimum absolute atomic E-state index is 0.139. The van der Waals surface area contributed by atoms with Crippen LogP contribution in [0.15, 0.2) is 28.7 Å². The van der Waals surface area contributed by atoms with Gasteiger partial charge in [-0.15, -0.1) is 10.2 Å². The van der Waals surface area contributed by atoms with Crippen molar-refractivity contribution < 1.29 is 13.6 Å². The van der Waals surface area contributed by atoms with Crippen molar-refractivity contribution in [1.29, 1.82) is 0 Å². The highest BCUT2D eigenvalue weighted by Gasteiger charge is 2.32. The minimum atomic E-state index is -0.467. The molecule has 1 saturated carbocycles. The van der Waals surface area contributed by atoms with Gasteiger partial charge < -0.3 is 9.32 Å². The van der Waals surface area contributed by atoms with Crippen LogP contribution >= 0.6 is 0 Å². The van der Waals surface area contributed by atoms with Crippen LogP contribution in [-0.2, 0) is 0 Å². The summed E-state index contributed by atoms with van der Waals surface area (Å²) in [5.41, 5.74) is 0.139. The van der Waals surface area contributed by atoms with Gasteiger partial charge in [-0.1, -0.05) is 12.1 Å². The summed E-state index contributed by atoms with van der Waals surface area (Å²) < 4.78 is 19.5. The third-order valence-corrected chi connectivity index (χ3v) is 4.62. The van der Waals surface area contributed by atoms with E-state index in [1.165, 1.54) is 12.1 Å². The van der Waals surface area contributed by atoms with Crippen molar-refractivity contribution in [2.45, 2.75) is 37.5 Å². The lowest BCUT2D eigenvalue weighted by Crippen LogP contribution is -2.38. The number of amides is 1. The molecule has 23 heavy (non-hydrogen) atoms. The molecule has 1 aromatic heterocycles. The molecule has 2 fully saturated rings. The third-order valence-electron chi connectivity index (χ3n) is 4.62. The third kappa shape index (κ3) is 2.85. The lowest BCUT2D eigenvalue weighted by molar-refractivity contribution is 0.0701. The maximum atomic E-state index is 13.7. The normalized spacial score (nSPS) is 19.1. The summed E-state index contributed by atoms with van der Waals surface area (Å²) in [5.74, 6) is 1.38. The zero-order valence-corrected chi connectivity index (χ0v) is 12.7. The van der Waals surface area contributed by atoms with Gasteiger partial charge in [0, 0.05) is 24.9 Å². The highest BCUT2D eigenvalue weighted by Crippen LogP contribution is 2.40. The topological polar surface area (TPSA) is 59.2 Å². The first-order valence-corrected chi connectivity index (χ1v) is 8.09. The van der Waals surface area contributed by atoms with Crippen LogP contribution in [0.3, 0.4) is 0 Å². The quantitative estimate of drug-likeness (QED) is 0.873. The van der Waals surface area contributed by atoms with Gasteiger partial charge in [0.1, 0.15) is 5.82 Å². The highest BCUT2D eigenvalue weighted by molar-refractivity contribution is 5.94. The van der Waals surface area contributed by atoms with Crippen molar-refractivity contribution in [3.8, 4) is 0 Å². The Bertz CT molecular complexity index is 718. The Morgan fingerprint density at radius 2 is 1.65 bits per heavy atom. The number of carbonyl (C=O) groups is 1. The van der Waals surface area contributed by atoms with E-state index in [2.05, 4.69) is 10.2 Å².